The second-order valence-corrected chi connectivity index (χ2v) is 8.89. The predicted molar refractivity (Wildman–Crippen MR) is 130 cm³/mol. The molecule has 1 N–H and O–H groups in total. The van der Waals surface area contributed by atoms with Crippen LogP contribution in [0.25, 0.3) is 0 Å². The van der Waals surface area contributed by atoms with Gasteiger partial charge in [0.15, 0.2) is 11.5 Å². The van der Waals surface area contributed by atoms with Gasteiger partial charge in [-0.25, -0.2) is 4.98 Å². The van der Waals surface area contributed by atoms with Crippen LogP contribution in [-0.4, -0.2) is 67.6 Å². The molecule has 7 nitrogen and oxygen atoms in total. The Morgan fingerprint density at radius 2 is 1.91 bits per heavy atom. The SMILES string of the molecule is COc1cc(C(=O)NC(CN2CCN(C)CC2)c2ccccc2)ccc1OCc1cscn1. The molecule has 1 fully saturated rings. The third-order valence-corrected chi connectivity index (χ3v) is 6.46. The summed E-state index contributed by atoms with van der Waals surface area (Å²) in [5.41, 5.74) is 4.26. The highest BCUT2D eigenvalue weighted by Gasteiger charge is 2.22. The first-order valence-corrected chi connectivity index (χ1v) is 12.0. The van der Waals surface area contributed by atoms with Gasteiger partial charge < -0.3 is 19.7 Å². The number of piperazine rings is 1. The van der Waals surface area contributed by atoms with Gasteiger partial charge in [-0.05, 0) is 30.8 Å². The van der Waals surface area contributed by atoms with Crippen molar-refractivity contribution in [1.82, 2.24) is 20.1 Å². The van der Waals surface area contributed by atoms with E-state index in [0.29, 0.717) is 23.7 Å². The summed E-state index contributed by atoms with van der Waals surface area (Å²) in [6, 6.07) is 15.3. The number of likely N-dealkylation sites (N-methyl/N-ethyl adjacent to an activating group) is 1. The van der Waals surface area contributed by atoms with Crippen LogP contribution in [0.1, 0.15) is 27.7 Å². The Kier molecular flexibility index (Phi) is 7.93. The summed E-state index contributed by atoms with van der Waals surface area (Å²) in [7, 11) is 3.72. The maximum atomic E-state index is 13.2. The van der Waals surface area contributed by atoms with Gasteiger partial charge >= 0.3 is 0 Å². The van der Waals surface area contributed by atoms with Gasteiger partial charge in [-0.2, -0.15) is 0 Å². The van der Waals surface area contributed by atoms with E-state index in [1.54, 1.807) is 30.8 Å². The number of ether oxygens (including phenoxy) is 2. The third kappa shape index (κ3) is 6.31. The number of rotatable bonds is 9. The van der Waals surface area contributed by atoms with E-state index in [0.717, 1.165) is 44.0 Å². The van der Waals surface area contributed by atoms with Gasteiger partial charge in [0.2, 0.25) is 0 Å². The van der Waals surface area contributed by atoms with Crippen molar-refractivity contribution in [3.8, 4) is 11.5 Å². The van der Waals surface area contributed by atoms with E-state index in [9.17, 15) is 4.79 Å². The average Bonchev–Trinajstić information content (AvgIpc) is 3.38. The molecule has 0 radical (unpaired) electrons. The number of carbonyl (C=O) groups excluding carboxylic acids is 1. The molecule has 1 aromatic heterocycles. The van der Waals surface area contributed by atoms with E-state index in [1.807, 2.05) is 23.6 Å². The van der Waals surface area contributed by atoms with E-state index in [4.69, 9.17) is 9.47 Å². The Hall–Kier alpha value is -2.94. The summed E-state index contributed by atoms with van der Waals surface area (Å²) in [5.74, 6) is 0.967. The van der Waals surface area contributed by atoms with Crippen molar-refractivity contribution >= 4 is 17.2 Å². The highest BCUT2D eigenvalue weighted by Crippen LogP contribution is 2.29. The number of amides is 1. The quantitative estimate of drug-likeness (QED) is 0.521. The lowest BCUT2D eigenvalue weighted by atomic mass is 10.0. The normalized spacial score (nSPS) is 15.7. The number of benzene rings is 2. The number of methoxy groups -OCH3 is 1. The summed E-state index contributed by atoms with van der Waals surface area (Å²) in [4.78, 5) is 22.2. The van der Waals surface area contributed by atoms with Crippen LogP contribution < -0.4 is 14.8 Å². The van der Waals surface area contributed by atoms with E-state index < -0.39 is 0 Å². The molecule has 33 heavy (non-hydrogen) atoms. The average molecular weight is 467 g/mol. The molecule has 2 aromatic carbocycles. The molecule has 4 rings (SSSR count). The fourth-order valence-corrected chi connectivity index (χ4v) is 4.38. The zero-order chi connectivity index (χ0) is 23.0. The largest absolute Gasteiger partial charge is 0.493 e. The zero-order valence-corrected chi connectivity index (χ0v) is 19.9. The molecule has 1 atom stereocenters. The number of carbonyl (C=O) groups is 1. The molecule has 3 aromatic rings. The van der Waals surface area contributed by atoms with E-state index in [1.165, 1.54) is 11.3 Å². The molecular formula is C25H30N4O3S. The van der Waals surface area contributed by atoms with Gasteiger partial charge in [-0.3, -0.25) is 9.69 Å². The number of hydrogen-bond acceptors (Lipinski definition) is 7. The number of aromatic nitrogens is 1. The first kappa shape index (κ1) is 23.2. The molecule has 0 bridgehead atoms. The second kappa shape index (κ2) is 11.3. The van der Waals surface area contributed by atoms with Crippen molar-refractivity contribution in [2.45, 2.75) is 12.6 Å². The zero-order valence-electron chi connectivity index (χ0n) is 19.1. The first-order valence-electron chi connectivity index (χ1n) is 11.1. The smallest absolute Gasteiger partial charge is 0.251 e. The fraction of sp³-hybridized carbons (Fsp3) is 0.360. The van der Waals surface area contributed by atoms with Crippen LogP contribution in [0.3, 0.4) is 0 Å². The highest BCUT2D eigenvalue weighted by atomic mass is 32.1. The van der Waals surface area contributed by atoms with Crippen molar-refractivity contribution in [2.75, 3.05) is 46.9 Å². The Balaban J connectivity index is 1.46. The Bertz CT molecular complexity index is 1020. The number of thiazole rings is 1. The minimum atomic E-state index is -0.137. The van der Waals surface area contributed by atoms with Crippen molar-refractivity contribution in [1.29, 1.82) is 0 Å². The first-order chi connectivity index (χ1) is 16.1. The topological polar surface area (TPSA) is 66.9 Å². The lowest BCUT2D eigenvalue weighted by Crippen LogP contribution is -2.47. The van der Waals surface area contributed by atoms with Crippen molar-refractivity contribution in [3.05, 3.63) is 76.2 Å². The predicted octanol–water partition coefficient (Wildman–Crippen LogP) is 3.45. The number of nitrogens with one attached hydrogen (secondary N) is 1. The van der Waals surface area contributed by atoms with Gasteiger partial charge in [0.25, 0.3) is 5.91 Å². The van der Waals surface area contributed by atoms with Crippen LogP contribution in [0.4, 0.5) is 0 Å². The summed E-state index contributed by atoms with van der Waals surface area (Å²) in [6.45, 7) is 5.19. The molecule has 174 valence electrons. The maximum absolute atomic E-state index is 13.2. The Morgan fingerprint density at radius 1 is 1.12 bits per heavy atom. The number of nitrogens with zero attached hydrogens (tertiary/aromatic N) is 3. The maximum Gasteiger partial charge on any atom is 0.251 e. The molecule has 0 spiro atoms. The summed E-state index contributed by atoms with van der Waals surface area (Å²) in [5, 5.41) is 5.18. The van der Waals surface area contributed by atoms with Crippen molar-refractivity contribution in [2.24, 2.45) is 0 Å². The Labute approximate surface area is 199 Å². The molecule has 2 heterocycles. The monoisotopic (exact) mass is 466 g/mol. The number of hydrogen-bond donors (Lipinski definition) is 1. The van der Waals surface area contributed by atoms with Gasteiger partial charge in [0, 0.05) is 43.7 Å². The van der Waals surface area contributed by atoms with Gasteiger partial charge in [-0.15, -0.1) is 11.3 Å². The van der Waals surface area contributed by atoms with E-state index in [2.05, 4.69) is 39.3 Å². The molecule has 1 saturated heterocycles. The third-order valence-electron chi connectivity index (χ3n) is 5.83. The Morgan fingerprint density at radius 3 is 2.61 bits per heavy atom. The summed E-state index contributed by atoms with van der Waals surface area (Å²) >= 11 is 1.53. The highest BCUT2D eigenvalue weighted by molar-refractivity contribution is 7.07. The molecule has 1 unspecified atom stereocenters. The molecular weight excluding hydrogens is 436 g/mol. The van der Waals surface area contributed by atoms with Gasteiger partial charge in [0.1, 0.15) is 6.61 Å². The lowest BCUT2D eigenvalue weighted by Gasteiger charge is -2.35. The minimum Gasteiger partial charge on any atom is -0.493 e. The fourth-order valence-electron chi connectivity index (χ4n) is 3.84. The lowest BCUT2D eigenvalue weighted by molar-refractivity contribution is 0.0907. The van der Waals surface area contributed by atoms with Crippen LogP contribution >= 0.6 is 11.3 Å². The molecule has 1 aliphatic rings. The standard InChI is InChI=1S/C25H30N4O3S/c1-28-10-12-29(13-11-28)15-22(19-6-4-3-5-7-19)27-25(30)20-8-9-23(24(14-20)31-2)32-16-21-17-33-18-26-21/h3-9,14,17-18,22H,10-13,15-16H2,1-2H3,(H,27,30). The van der Waals surface area contributed by atoms with E-state index in [-0.39, 0.29) is 11.9 Å². The van der Waals surface area contributed by atoms with Crippen LogP contribution in [0.15, 0.2) is 59.4 Å². The second-order valence-electron chi connectivity index (χ2n) is 8.17. The summed E-state index contributed by atoms with van der Waals surface area (Å²) < 4.78 is 11.3. The minimum absolute atomic E-state index is 0.103. The molecule has 1 amide bonds. The van der Waals surface area contributed by atoms with Crippen LogP contribution in [-0.2, 0) is 6.61 Å². The van der Waals surface area contributed by atoms with Crippen LogP contribution in [0.2, 0.25) is 0 Å². The van der Waals surface area contributed by atoms with E-state index >= 15 is 0 Å². The van der Waals surface area contributed by atoms with Gasteiger partial charge in [0.05, 0.1) is 24.4 Å². The van der Waals surface area contributed by atoms with Crippen LogP contribution in [0, 0.1) is 0 Å². The van der Waals surface area contributed by atoms with Gasteiger partial charge in [-0.1, -0.05) is 30.3 Å². The molecule has 0 saturated carbocycles. The van der Waals surface area contributed by atoms with Crippen molar-refractivity contribution < 1.29 is 14.3 Å². The molecule has 1 aliphatic heterocycles. The molecule has 0 aliphatic carbocycles. The molecule has 8 heteroatoms. The van der Waals surface area contributed by atoms with Crippen LogP contribution in [0.5, 0.6) is 11.5 Å². The van der Waals surface area contributed by atoms with Crippen molar-refractivity contribution in [3.63, 3.8) is 0 Å². The summed E-state index contributed by atoms with van der Waals surface area (Å²) in [6.07, 6.45) is 0.